The third kappa shape index (κ3) is 5.15. The Kier molecular flexibility index (Phi) is 5.94. The van der Waals surface area contributed by atoms with Crippen molar-refractivity contribution in [1.29, 1.82) is 0 Å². The Hall–Kier alpha value is -1.13. The van der Waals surface area contributed by atoms with Gasteiger partial charge in [-0.1, -0.05) is 13.3 Å². The molecule has 0 aromatic heterocycles. The monoisotopic (exact) mass is 241 g/mol. The minimum Gasteiger partial charge on any atom is -0.508 e. The summed E-state index contributed by atoms with van der Waals surface area (Å²) in [5, 5.41) is 21.3. The summed E-state index contributed by atoms with van der Waals surface area (Å²) in [5.74, 6) is -0.0458. The normalized spacial score (nSPS) is 12.6. The van der Waals surface area contributed by atoms with Crippen LogP contribution in [-0.4, -0.2) is 23.4 Å². The zero-order chi connectivity index (χ0) is 12.7. The van der Waals surface area contributed by atoms with Crippen LogP contribution in [0.5, 0.6) is 5.75 Å². The molecule has 0 aliphatic carbocycles. The third-order valence-electron chi connectivity index (χ3n) is 2.82. The zero-order valence-corrected chi connectivity index (χ0v) is 10.1. The van der Waals surface area contributed by atoms with Crippen LogP contribution in [0.25, 0.3) is 0 Å². The largest absolute Gasteiger partial charge is 0.508 e. The fourth-order valence-corrected chi connectivity index (χ4v) is 1.79. The van der Waals surface area contributed by atoms with Crippen LogP contribution >= 0.6 is 0 Å². The van der Waals surface area contributed by atoms with Gasteiger partial charge in [0.2, 0.25) is 0 Å². The van der Waals surface area contributed by atoms with Crippen LogP contribution < -0.4 is 5.32 Å². The predicted octanol–water partition coefficient (Wildman–Crippen LogP) is 2.03. The Bertz CT molecular complexity index is 324. The van der Waals surface area contributed by atoms with Gasteiger partial charge in [0.1, 0.15) is 11.6 Å². The molecular weight excluding hydrogens is 221 g/mol. The van der Waals surface area contributed by atoms with E-state index in [0.717, 1.165) is 31.0 Å². The van der Waals surface area contributed by atoms with Gasteiger partial charge in [0.05, 0.1) is 0 Å². The Morgan fingerprint density at radius 3 is 2.71 bits per heavy atom. The smallest absolute Gasteiger partial charge is 0.127 e. The average Bonchev–Trinajstić information content (AvgIpc) is 2.26. The van der Waals surface area contributed by atoms with E-state index in [1.807, 2.05) is 0 Å². The summed E-state index contributed by atoms with van der Waals surface area (Å²) < 4.78 is 13.0. The molecule has 1 unspecified atom stereocenters. The first-order chi connectivity index (χ1) is 8.15. The molecule has 1 rings (SSSR count). The number of aliphatic hydroxyl groups excluding tert-OH is 1. The highest BCUT2D eigenvalue weighted by Crippen LogP contribution is 2.14. The van der Waals surface area contributed by atoms with Crippen molar-refractivity contribution in [2.45, 2.75) is 26.3 Å². The summed E-state index contributed by atoms with van der Waals surface area (Å²) in [7, 11) is 0. The summed E-state index contributed by atoms with van der Waals surface area (Å²) in [4.78, 5) is 0. The van der Waals surface area contributed by atoms with Crippen molar-refractivity contribution in [1.82, 2.24) is 5.32 Å². The van der Waals surface area contributed by atoms with Crippen molar-refractivity contribution in [3.63, 3.8) is 0 Å². The van der Waals surface area contributed by atoms with E-state index in [-0.39, 0.29) is 12.4 Å². The topological polar surface area (TPSA) is 52.5 Å². The molecular formula is C13H20FNO2. The first-order valence-electron chi connectivity index (χ1n) is 5.95. The van der Waals surface area contributed by atoms with Gasteiger partial charge in [0.25, 0.3) is 0 Å². The van der Waals surface area contributed by atoms with Crippen molar-refractivity contribution in [2.24, 2.45) is 5.92 Å². The van der Waals surface area contributed by atoms with E-state index in [0.29, 0.717) is 12.5 Å². The second kappa shape index (κ2) is 7.25. The van der Waals surface area contributed by atoms with Crippen LogP contribution in [0.1, 0.15) is 25.3 Å². The van der Waals surface area contributed by atoms with Gasteiger partial charge >= 0.3 is 0 Å². The lowest BCUT2D eigenvalue weighted by molar-refractivity contribution is 0.251. The van der Waals surface area contributed by atoms with Crippen LogP contribution in [0.4, 0.5) is 4.39 Å². The highest BCUT2D eigenvalue weighted by Gasteiger charge is 2.05. The lowest BCUT2D eigenvalue weighted by Crippen LogP contribution is -2.22. The van der Waals surface area contributed by atoms with Crippen molar-refractivity contribution in [2.75, 3.05) is 13.2 Å². The molecule has 96 valence electrons. The first kappa shape index (κ1) is 13.9. The number of phenolic OH excluding ortho intramolecular Hbond substituents is 1. The predicted molar refractivity (Wildman–Crippen MR) is 65.3 cm³/mol. The molecule has 4 heteroatoms. The fourth-order valence-electron chi connectivity index (χ4n) is 1.79. The van der Waals surface area contributed by atoms with E-state index in [1.54, 1.807) is 6.07 Å². The summed E-state index contributed by atoms with van der Waals surface area (Å²) in [6, 6.07) is 4.03. The SMILES string of the molecule is CCC(CCO)CNCc1cc(O)cc(F)c1. The van der Waals surface area contributed by atoms with Crippen LogP contribution in [-0.2, 0) is 6.54 Å². The van der Waals surface area contributed by atoms with E-state index in [1.165, 1.54) is 6.07 Å². The molecule has 0 radical (unpaired) electrons. The molecule has 0 saturated carbocycles. The van der Waals surface area contributed by atoms with Crippen LogP contribution in [0.15, 0.2) is 18.2 Å². The van der Waals surface area contributed by atoms with Crippen molar-refractivity contribution >= 4 is 0 Å². The molecule has 1 atom stereocenters. The van der Waals surface area contributed by atoms with Gasteiger partial charge in [0, 0.05) is 19.2 Å². The van der Waals surface area contributed by atoms with Gasteiger partial charge < -0.3 is 15.5 Å². The summed E-state index contributed by atoms with van der Waals surface area (Å²) in [6.45, 7) is 3.58. The van der Waals surface area contributed by atoms with Gasteiger partial charge in [-0.2, -0.15) is 0 Å². The number of rotatable bonds is 7. The first-order valence-corrected chi connectivity index (χ1v) is 5.95. The number of aliphatic hydroxyl groups is 1. The second-order valence-corrected chi connectivity index (χ2v) is 4.24. The highest BCUT2D eigenvalue weighted by molar-refractivity contribution is 5.28. The maximum Gasteiger partial charge on any atom is 0.127 e. The molecule has 0 heterocycles. The quantitative estimate of drug-likeness (QED) is 0.684. The standard InChI is InChI=1S/C13H20FNO2/c1-2-10(3-4-16)8-15-9-11-5-12(14)7-13(17)6-11/h5-7,10,15-17H,2-4,8-9H2,1H3. The zero-order valence-electron chi connectivity index (χ0n) is 10.1. The minimum atomic E-state index is -0.427. The number of nitrogens with one attached hydrogen (secondary N) is 1. The Labute approximate surface area is 101 Å². The number of benzene rings is 1. The van der Waals surface area contributed by atoms with Crippen molar-refractivity contribution in [3.05, 3.63) is 29.6 Å². The molecule has 0 aliphatic rings. The number of hydrogen-bond donors (Lipinski definition) is 3. The maximum absolute atomic E-state index is 13.0. The minimum absolute atomic E-state index is 0.0517. The second-order valence-electron chi connectivity index (χ2n) is 4.24. The van der Waals surface area contributed by atoms with Crippen LogP contribution in [0.2, 0.25) is 0 Å². The molecule has 3 N–H and O–H groups in total. The van der Waals surface area contributed by atoms with Gasteiger partial charge in [-0.3, -0.25) is 0 Å². The third-order valence-corrected chi connectivity index (χ3v) is 2.82. The van der Waals surface area contributed by atoms with Gasteiger partial charge in [-0.15, -0.1) is 0 Å². The van der Waals surface area contributed by atoms with Crippen LogP contribution in [0, 0.1) is 11.7 Å². The molecule has 0 spiro atoms. The van der Waals surface area contributed by atoms with E-state index in [9.17, 15) is 9.50 Å². The summed E-state index contributed by atoms with van der Waals surface area (Å²) in [6.07, 6.45) is 1.78. The van der Waals surface area contributed by atoms with Crippen molar-refractivity contribution < 1.29 is 14.6 Å². The maximum atomic E-state index is 13.0. The Morgan fingerprint density at radius 2 is 2.12 bits per heavy atom. The van der Waals surface area contributed by atoms with E-state index in [2.05, 4.69) is 12.2 Å². The Balaban J connectivity index is 2.39. The lowest BCUT2D eigenvalue weighted by atomic mass is 10.0. The molecule has 0 saturated heterocycles. The van der Waals surface area contributed by atoms with Crippen LogP contribution in [0.3, 0.4) is 0 Å². The molecule has 3 nitrogen and oxygen atoms in total. The number of hydrogen-bond acceptors (Lipinski definition) is 3. The van der Waals surface area contributed by atoms with E-state index in [4.69, 9.17) is 5.11 Å². The average molecular weight is 241 g/mol. The molecule has 0 fully saturated rings. The Morgan fingerprint density at radius 1 is 1.35 bits per heavy atom. The molecule has 1 aromatic carbocycles. The number of phenols is 1. The van der Waals surface area contributed by atoms with Crippen molar-refractivity contribution in [3.8, 4) is 5.75 Å². The lowest BCUT2D eigenvalue weighted by Gasteiger charge is -2.14. The number of aromatic hydroxyl groups is 1. The van der Waals surface area contributed by atoms with Gasteiger partial charge in [0.15, 0.2) is 0 Å². The van der Waals surface area contributed by atoms with Gasteiger partial charge in [-0.25, -0.2) is 4.39 Å². The molecule has 17 heavy (non-hydrogen) atoms. The molecule has 0 aliphatic heterocycles. The molecule has 0 amide bonds. The summed E-state index contributed by atoms with van der Waals surface area (Å²) >= 11 is 0. The van der Waals surface area contributed by atoms with Gasteiger partial charge in [-0.05, 0) is 36.6 Å². The van der Waals surface area contributed by atoms with E-state index < -0.39 is 5.82 Å². The molecule has 0 bridgehead atoms. The summed E-state index contributed by atoms with van der Waals surface area (Å²) in [5.41, 5.74) is 0.723. The highest BCUT2D eigenvalue weighted by atomic mass is 19.1. The fraction of sp³-hybridized carbons (Fsp3) is 0.538. The molecule has 1 aromatic rings. The van der Waals surface area contributed by atoms with E-state index >= 15 is 0 Å². The number of halogens is 1.